The third-order valence-corrected chi connectivity index (χ3v) is 2.84. The molecule has 0 spiro atoms. The van der Waals surface area contributed by atoms with Crippen molar-refractivity contribution in [1.29, 1.82) is 0 Å². The quantitative estimate of drug-likeness (QED) is 0.727. The monoisotopic (exact) mass is 215 g/mol. The zero-order valence-electron chi connectivity index (χ0n) is 9.01. The van der Waals surface area contributed by atoms with E-state index in [1.165, 1.54) is 0 Å². The van der Waals surface area contributed by atoms with Crippen LogP contribution in [0.25, 0.3) is 0 Å². The highest BCUT2D eigenvalue weighted by Crippen LogP contribution is 2.25. The lowest BCUT2D eigenvalue weighted by Crippen LogP contribution is -2.56. The van der Waals surface area contributed by atoms with Crippen molar-refractivity contribution in [1.82, 2.24) is 4.90 Å². The Morgan fingerprint density at radius 2 is 1.53 bits per heavy atom. The average molecular weight is 215 g/mol. The summed E-state index contributed by atoms with van der Waals surface area (Å²) in [5, 5.41) is 18.0. The van der Waals surface area contributed by atoms with Gasteiger partial charge in [-0.2, -0.15) is 0 Å². The molecule has 1 rings (SSSR count). The SMILES string of the molecule is CC(C)N1[C@@H](C(=O)O)CCC[C@@H]1C(=O)O. The van der Waals surface area contributed by atoms with Gasteiger partial charge in [0.1, 0.15) is 12.1 Å². The fraction of sp³-hybridized carbons (Fsp3) is 0.800. The van der Waals surface area contributed by atoms with Crippen molar-refractivity contribution < 1.29 is 19.8 Å². The first kappa shape index (κ1) is 12.0. The number of likely N-dealkylation sites (tertiary alicyclic amines) is 1. The van der Waals surface area contributed by atoms with Crippen molar-refractivity contribution in [2.24, 2.45) is 0 Å². The molecule has 0 radical (unpaired) electrons. The van der Waals surface area contributed by atoms with Crippen LogP contribution in [0.5, 0.6) is 0 Å². The van der Waals surface area contributed by atoms with E-state index in [-0.39, 0.29) is 6.04 Å². The lowest BCUT2D eigenvalue weighted by molar-refractivity contribution is -0.155. The molecule has 1 saturated heterocycles. The van der Waals surface area contributed by atoms with E-state index in [0.717, 1.165) is 0 Å². The van der Waals surface area contributed by atoms with Crippen LogP contribution < -0.4 is 0 Å². The van der Waals surface area contributed by atoms with E-state index >= 15 is 0 Å². The van der Waals surface area contributed by atoms with Crippen LogP contribution in [0.1, 0.15) is 33.1 Å². The third-order valence-electron chi connectivity index (χ3n) is 2.84. The van der Waals surface area contributed by atoms with Crippen LogP contribution in [0.2, 0.25) is 0 Å². The summed E-state index contributed by atoms with van der Waals surface area (Å²) in [6.45, 7) is 3.66. The first-order valence-electron chi connectivity index (χ1n) is 5.18. The highest BCUT2D eigenvalue weighted by molar-refractivity contribution is 5.78. The molecule has 1 fully saturated rings. The Labute approximate surface area is 88.7 Å². The van der Waals surface area contributed by atoms with Crippen molar-refractivity contribution >= 4 is 11.9 Å². The summed E-state index contributed by atoms with van der Waals surface area (Å²) in [7, 11) is 0. The summed E-state index contributed by atoms with van der Waals surface area (Å²) < 4.78 is 0. The molecule has 0 unspecified atom stereocenters. The molecule has 0 aliphatic carbocycles. The number of hydrogen-bond acceptors (Lipinski definition) is 3. The summed E-state index contributed by atoms with van der Waals surface area (Å²) in [5.74, 6) is -1.84. The Morgan fingerprint density at radius 3 is 1.80 bits per heavy atom. The van der Waals surface area contributed by atoms with Crippen molar-refractivity contribution in [2.75, 3.05) is 0 Å². The molecule has 0 aromatic heterocycles. The Balaban J connectivity index is 2.90. The van der Waals surface area contributed by atoms with Gasteiger partial charge in [-0.15, -0.1) is 0 Å². The molecule has 5 heteroatoms. The van der Waals surface area contributed by atoms with Crippen LogP contribution >= 0.6 is 0 Å². The topological polar surface area (TPSA) is 77.8 Å². The molecule has 0 amide bonds. The van der Waals surface area contributed by atoms with E-state index in [4.69, 9.17) is 10.2 Å². The highest BCUT2D eigenvalue weighted by atomic mass is 16.4. The summed E-state index contributed by atoms with van der Waals surface area (Å²) in [6.07, 6.45) is 1.74. The van der Waals surface area contributed by atoms with Gasteiger partial charge in [0.25, 0.3) is 0 Å². The summed E-state index contributed by atoms with van der Waals surface area (Å²) >= 11 is 0. The Morgan fingerprint density at radius 1 is 1.13 bits per heavy atom. The van der Waals surface area contributed by atoms with E-state index < -0.39 is 24.0 Å². The summed E-state index contributed by atoms with van der Waals surface area (Å²) in [5.41, 5.74) is 0. The maximum absolute atomic E-state index is 11.0. The number of carboxylic acid groups (broad SMARTS) is 2. The van der Waals surface area contributed by atoms with Crippen LogP contribution in [-0.2, 0) is 9.59 Å². The Kier molecular flexibility index (Phi) is 3.68. The largest absolute Gasteiger partial charge is 0.480 e. The standard InChI is InChI=1S/C10H17NO4/c1-6(2)11-7(9(12)13)4-3-5-8(11)10(14)15/h6-8H,3-5H2,1-2H3,(H,12,13)(H,14,15)/t7-,8-/m1/s1. The van der Waals surface area contributed by atoms with Gasteiger partial charge in [-0.25, -0.2) is 0 Å². The smallest absolute Gasteiger partial charge is 0.320 e. The summed E-state index contributed by atoms with van der Waals surface area (Å²) in [6, 6.07) is -1.37. The van der Waals surface area contributed by atoms with Crippen LogP contribution in [0.4, 0.5) is 0 Å². The van der Waals surface area contributed by atoms with Crippen molar-refractivity contribution in [2.45, 2.75) is 51.2 Å². The number of aliphatic carboxylic acids is 2. The van der Waals surface area contributed by atoms with Crippen molar-refractivity contribution in [3.05, 3.63) is 0 Å². The van der Waals surface area contributed by atoms with Gasteiger partial charge in [-0.3, -0.25) is 14.5 Å². The summed E-state index contributed by atoms with van der Waals surface area (Å²) in [4.78, 5) is 23.6. The van der Waals surface area contributed by atoms with Gasteiger partial charge in [0.2, 0.25) is 0 Å². The zero-order valence-corrected chi connectivity index (χ0v) is 9.01. The lowest BCUT2D eigenvalue weighted by Gasteiger charge is -2.40. The van der Waals surface area contributed by atoms with Gasteiger partial charge in [0, 0.05) is 6.04 Å². The highest BCUT2D eigenvalue weighted by Gasteiger charge is 2.39. The lowest BCUT2D eigenvalue weighted by atomic mass is 9.94. The minimum Gasteiger partial charge on any atom is -0.480 e. The Hall–Kier alpha value is -1.10. The van der Waals surface area contributed by atoms with Crippen molar-refractivity contribution in [3.8, 4) is 0 Å². The zero-order chi connectivity index (χ0) is 11.6. The molecule has 0 bridgehead atoms. The maximum atomic E-state index is 11.0. The van der Waals surface area contributed by atoms with E-state index in [1.807, 2.05) is 13.8 Å². The molecule has 5 nitrogen and oxygen atoms in total. The molecular weight excluding hydrogens is 198 g/mol. The Bertz CT molecular complexity index is 242. The first-order chi connectivity index (χ1) is 6.95. The predicted octanol–water partition coefficient (Wildman–Crippen LogP) is 0.787. The van der Waals surface area contributed by atoms with Gasteiger partial charge < -0.3 is 10.2 Å². The number of hydrogen-bond donors (Lipinski definition) is 2. The molecule has 2 atom stereocenters. The van der Waals surface area contributed by atoms with E-state index in [9.17, 15) is 9.59 Å². The normalized spacial score (nSPS) is 27.9. The van der Waals surface area contributed by atoms with Crippen LogP contribution in [0.3, 0.4) is 0 Å². The molecule has 0 aromatic rings. The van der Waals surface area contributed by atoms with E-state index in [0.29, 0.717) is 19.3 Å². The number of piperidine rings is 1. The minimum absolute atomic E-state index is 0.0625. The first-order valence-corrected chi connectivity index (χ1v) is 5.18. The number of carboxylic acids is 2. The predicted molar refractivity (Wildman–Crippen MR) is 53.7 cm³/mol. The number of rotatable bonds is 3. The second-order valence-corrected chi connectivity index (χ2v) is 4.18. The molecule has 86 valence electrons. The van der Waals surface area contributed by atoms with E-state index in [2.05, 4.69) is 0 Å². The number of nitrogens with zero attached hydrogens (tertiary/aromatic N) is 1. The van der Waals surface area contributed by atoms with E-state index in [1.54, 1.807) is 4.90 Å². The molecular formula is C10H17NO4. The average Bonchev–Trinajstić information content (AvgIpc) is 2.16. The van der Waals surface area contributed by atoms with Crippen LogP contribution in [-0.4, -0.2) is 45.2 Å². The van der Waals surface area contributed by atoms with Crippen LogP contribution in [0.15, 0.2) is 0 Å². The second kappa shape index (κ2) is 4.61. The maximum Gasteiger partial charge on any atom is 0.320 e. The van der Waals surface area contributed by atoms with Gasteiger partial charge in [0.15, 0.2) is 0 Å². The molecule has 15 heavy (non-hydrogen) atoms. The molecule has 2 N–H and O–H groups in total. The van der Waals surface area contributed by atoms with Gasteiger partial charge in [0.05, 0.1) is 0 Å². The molecule has 0 aromatic carbocycles. The second-order valence-electron chi connectivity index (χ2n) is 4.18. The molecule has 1 aliphatic rings. The van der Waals surface area contributed by atoms with Crippen molar-refractivity contribution in [3.63, 3.8) is 0 Å². The molecule has 1 heterocycles. The number of carbonyl (C=O) groups is 2. The van der Waals surface area contributed by atoms with Gasteiger partial charge in [-0.1, -0.05) is 0 Å². The fourth-order valence-corrected chi connectivity index (χ4v) is 2.24. The van der Waals surface area contributed by atoms with Gasteiger partial charge in [-0.05, 0) is 33.1 Å². The third kappa shape index (κ3) is 2.47. The minimum atomic E-state index is -0.922. The molecule has 0 saturated carbocycles. The molecule has 1 aliphatic heterocycles. The fourth-order valence-electron chi connectivity index (χ4n) is 2.24. The van der Waals surface area contributed by atoms with Gasteiger partial charge >= 0.3 is 11.9 Å². The van der Waals surface area contributed by atoms with Crippen LogP contribution in [0, 0.1) is 0 Å².